The first-order valence-corrected chi connectivity index (χ1v) is 8.18. The molecule has 0 amide bonds. The van der Waals surface area contributed by atoms with Gasteiger partial charge in [-0.3, -0.25) is 4.90 Å². The second-order valence-corrected chi connectivity index (χ2v) is 6.89. The lowest BCUT2D eigenvalue weighted by atomic mass is 9.94. The van der Waals surface area contributed by atoms with Crippen LogP contribution in [0.2, 0.25) is 0 Å². The Hall–Kier alpha value is -0.420. The van der Waals surface area contributed by atoms with E-state index in [-0.39, 0.29) is 6.04 Å². The van der Waals surface area contributed by atoms with E-state index in [1.165, 1.54) is 30.8 Å². The third-order valence-electron chi connectivity index (χ3n) is 4.22. The Labute approximate surface area is 120 Å². The summed E-state index contributed by atoms with van der Waals surface area (Å²) in [7, 11) is 0. The standard InChI is InChI=1S/C15H26N2OS/c1-3-11(2)14(16)15(18)13-7-6-12(19-13)10-17-8-4-5-9-17/h6-7,11,14-15,18H,3-5,8-10,16H2,1-2H3. The molecular weight excluding hydrogens is 256 g/mol. The molecule has 3 N–H and O–H groups in total. The van der Waals surface area contributed by atoms with Gasteiger partial charge >= 0.3 is 0 Å². The highest BCUT2D eigenvalue weighted by atomic mass is 32.1. The normalized spacial score (nSPS) is 21.5. The predicted octanol–water partition coefficient (Wildman–Crippen LogP) is 2.75. The molecule has 0 radical (unpaired) electrons. The summed E-state index contributed by atoms with van der Waals surface area (Å²) in [5, 5.41) is 10.3. The molecule has 4 heteroatoms. The number of thiophene rings is 1. The van der Waals surface area contributed by atoms with Crippen LogP contribution < -0.4 is 5.73 Å². The van der Waals surface area contributed by atoms with Crippen molar-refractivity contribution in [2.24, 2.45) is 11.7 Å². The zero-order valence-electron chi connectivity index (χ0n) is 12.0. The molecule has 108 valence electrons. The highest BCUT2D eigenvalue weighted by molar-refractivity contribution is 7.12. The number of likely N-dealkylation sites (tertiary alicyclic amines) is 1. The summed E-state index contributed by atoms with van der Waals surface area (Å²) in [6.45, 7) is 7.66. The number of aliphatic hydroxyl groups is 1. The van der Waals surface area contributed by atoms with E-state index in [1.54, 1.807) is 11.3 Å². The van der Waals surface area contributed by atoms with Crippen molar-refractivity contribution in [1.29, 1.82) is 0 Å². The second-order valence-electron chi connectivity index (χ2n) is 5.70. The second kappa shape index (κ2) is 6.84. The highest BCUT2D eigenvalue weighted by Crippen LogP contribution is 2.29. The van der Waals surface area contributed by atoms with Gasteiger partial charge in [-0.25, -0.2) is 0 Å². The van der Waals surface area contributed by atoms with Crippen LogP contribution in [0.4, 0.5) is 0 Å². The lowest BCUT2D eigenvalue weighted by Crippen LogP contribution is -2.34. The Balaban J connectivity index is 1.95. The molecule has 1 aliphatic heterocycles. The van der Waals surface area contributed by atoms with Crippen LogP contribution in [0.5, 0.6) is 0 Å². The van der Waals surface area contributed by atoms with Crippen LogP contribution in [-0.2, 0) is 6.54 Å². The summed E-state index contributed by atoms with van der Waals surface area (Å²) in [4.78, 5) is 4.84. The van der Waals surface area contributed by atoms with E-state index in [0.29, 0.717) is 5.92 Å². The zero-order valence-corrected chi connectivity index (χ0v) is 12.8. The van der Waals surface area contributed by atoms with Gasteiger partial charge in [0.1, 0.15) is 6.10 Å². The Morgan fingerprint density at radius 3 is 2.68 bits per heavy atom. The molecule has 0 spiro atoms. The maximum Gasteiger partial charge on any atom is 0.103 e. The summed E-state index contributed by atoms with van der Waals surface area (Å²) in [5.41, 5.74) is 6.12. The first-order chi connectivity index (χ1) is 9.11. The van der Waals surface area contributed by atoms with E-state index in [0.717, 1.165) is 17.8 Å². The third kappa shape index (κ3) is 3.78. The first kappa shape index (κ1) is 15.0. The van der Waals surface area contributed by atoms with E-state index in [4.69, 9.17) is 5.73 Å². The minimum absolute atomic E-state index is 0.164. The summed E-state index contributed by atoms with van der Waals surface area (Å²) >= 11 is 1.71. The van der Waals surface area contributed by atoms with Gasteiger partial charge in [0.15, 0.2) is 0 Å². The Bertz CT molecular complexity index is 387. The minimum Gasteiger partial charge on any atom is -0.386 e. The molecule has 3 atom stereocenters. The van der Waals surface area contributed by atoms with E-state index in [9.17, 15) is 5.11 Å². The van der Waals surface area contributed by atoms with Crippen molar-refractivity contribution < 1.29 is 5.11 Å². The molecule has 1 saturated heterocycles. The summed E-state index contributed by atoms with van der Waals surface area (Å²) < 4.78 is 0. The Morgan fingerprint density at radius 2 is 2.05 bits per heavy atom. The molecule has 1 aromatic rings. The maximum atomic E-state index is 10.3. The molecule has 1 aromatic heterocycles. The van der Waals surface area contributed by atoms with Crippen molar-refractivity contribution >= 4 is 11.3 Å². The first-order valence-electron chi connectivity index (χ1n) is 7.36. The largest absolute Gasteiger partial charge is 0.386 e. The van der Waals surface area contributed by atoms with Crippen molar-refractivity contribution in [3.63, 3.8) is 0 Å². The van der Waals surface area contributed by atoms with Crippen molar-refractivity contribution in [1.82, 2.24) is 4.90 Å². The minimum atomic E-state index is -0.521. The molecule has 0 aromatic carbocycles. The molecule has 0 bridgehead atoms. The molecule has 1 fully saturated rings. The summed E-state index contributed by atoms with van der Waals surface area (Å²) in [6, 6.07) is 4.02. The highest BCUT2D eigenvalue weighted by Gasteiger charge is 2.23. The zero-order chi connectivity index (χ0) is 13.8. The Kier molecular flexibility index (Phi) is 5.39. The van der Waals surface area contributed by atoms with Gasteiger partial charge in [-0.05, 0) is 44.0 Å². The fourth-order valence-electron chi connectivity index (χ4n) is 2.57. The molecule has 3 unspecified atom stereocenters. The maximum absolute atomic E-state index is 10.3. The van der Waals surface area contributed by atoms with Gasteiger partial charge < -0.3 is 10.8 Å². The number of hydrogen-bond acceptors (Lipinski definition) is 4. The Morgan fingerprint density at radius 1 is 1.37 bits per heavy atom. The van der Waals surface area contributed by atoms with Crippen molar-refractivity contribution in [2.75, 3.05) is 13.1 Å². The molecule has 0 aliphatic carbocycles. The van der Waals surface area contributed by atoms with Crippen LogP contribution in [0, 0.1) is 5.92 Å². The number of nitrogens with zero attached hydrogens (tertiary/aromatic N) is 1. The summed E-state index contributed by atoms with van der Waals surface area (Å²) in [5.74, 6) is 0.346. The average molecular weight is 282 g/mol. The van der Waals surface area contributed by atoms with Gasteiger partial charge in [-0.2, -0.15) is 0 Å². The molecule has 19 heavy (non-hydrogen) atoms. The fraction of sp³-hybridized carbons (Fsp3) is 0.733. The van der Waals surface area contributed by atoms with Crippen molar-refractivity contribution in [3.8, 4) is 0 Å². The topological polar surface area (TPSA) is 49.5 Å². The number of aliphatic hydroxyl groups excluding tert-OH is 1. The monoisotopic (exact) mass is 282 g/mol. The average Bonchev–Trinajstić information content (AvgIpc) is 3.08. The number of nitrogens with two attached hydrogens (primary N) is 1. The lowest BCUT2D eigenvalue weighted by molar-refractivity contribution is 0.124. The van der Waals surface area contributed by atoms with Crippen LogP contribution in [-0.4, -0.2) is 29.1 Å². The van der Waals surface area contributed by atoms with Crippen LogP contribution in [0.15, 0.2) is 12.1 Å². The molecule has 2 rings (SSSR count). The quantitative estimate of drug-likeness (QED) is 0.843. The molecule has 1 aliphatic rings. The van der Waals surface area contributed by atoms with E-state index in [1.807, 2.05) is 6.07 Å². The van der Waals surface area contributed by atoms with Crippen LogP contribution in [0.1, 0.15) is 49.0 Å². The number of hydrogen-bond donors (Lipinski definition) is 2. The molecule has 3 nitrogen and oxygen atoms in total. The SMILES string of the molecule is CCC(C)C(N)C(O)c1ccc(CN2CCCC2)s1. The van der Waals surface area contributed by atoms with E-state index in [2.05, 4.69) is 24.8 Å². The lowest BCUT2D eigenvalue weighted by Gasteiger charge is -2.23. The van der Waals surface area contributed by atoms with Crippen LogP contribution in [0.3, 0.4) is 0 Å². The van der Waals surface area contributed by atoms with Gasteiger partial charge in [0, 0.05) is 22.3 Å². The van der Waals surface area contributed by atoms with Gasteiger partial charge in [0.2, 0.25) is 0 Å². The smallest absolute Gasteiger partial charge is 0.103 e. The molecule has 2 heterocycles. The van der Waals surface area contributed by atoms with Gasteiger partial charge in [0.05, 0.1) is 0 Å². The van der Waals surface area contributed by atoms with Gasteiger partial charge in [-0.1, -0.05) is 20.3 Å². The van der Waals surface area contributed by atoms with E-state index >= 15 is 0 Å². The molecule has 0 saturated carbocycles. The number of rotatable bonds is 6. The summed E-state index contributed by atoms with van der Waals surface area (Å²) in [6.07, 6.45) is 3.12. The van der Waals surface area contributed by atoms with E-state index < -0.39 is 6.10 Å². The predicted molar refractivity (Wildman–Crippen MR) is 81.2 cm³/mol. The van der Waals surface area contributed by atoms with Crippen LogP contribution in [0.25, 0.3) is 0 Å². The van der Waals surface area contributed by atoms with Gasteiger partial charge in [0.25, 0.3) is 0 Å². The molecular formula is C15H26N2OS. The van der Waals surface area contributed by atoms with Crippen molar-refractivity contribution in [2.45, 2.75) is 51.8 Å². The fourth-order valence-corrected chi connectivity index (χ4v) is 3.67. The van der Waals surface area contributed by atoms with Crippen molar-refractivity contribution in [3.05, 3.63) is 21.9 Å². The van der Waals surface area contributed by atoms with Crippen LogP contribution >= 0.6 is 11.3 Å². The third-order valence-corrected chi connectivity index (χ3v) is 5.36. The van der Waals surface area contributed by atoms with Gasteiger partial charge in [-0.15, -0.1) is 11.3 Å².